The number of halogens is 1. The molecule has 2 aliphatic rings. The third kappa shape index (κ3) is 2.23. The lowest BCUT2D eigenvalue weighted by Gasteiger charge is -2.45. The molecule has 92 valence electrons. The van der Waals surface area contributed by atoms with Gasteiger partial charge >= 0.3 is 0 Å². The van der Waals surface area contributed by atoms with Crippen molar-refractivity contribution in [1.82, 2.24) is 5.32 Å². The maximum Gasteiger partial charge on any atom is 0.0406 e. The molecule has 0 radical (unpaired) electrons. The van der Waals surface area contributed by atoms with E-state index in [4.69, 9.17) is 11.6 Å². The Kier molecular flexibility index (Phi) is 3.14. The van der Waals surface area contributed by atoms with Crippen LogP contribution in [-0.2, 0) is 5.41 Å². The largest absolute Gasteiger partial charge is 0.315 e. The first-order valence-electron chi connectivity index (χ1n) is 6.75. The molecule has 1 aliphatic heterocycles. The van der Waals surface area contributed by atoms with Gasteiger partial charge in [0, 0.05) is 23.5 Å². The van der Waals surface area contributed by atoms with Crippen molar-refractivity contribution in [3.05, 3.63) is 34.9 Å². The summed E-state index contributed by atoms with van der Waals surface area (Å²) >= 11 is 5.98. The summed E-state index contributed by atoms with van der Waals surface area (Å²) in [6.07, 6.45) is 7.12. The summed E-state index contributed by atoms with van der Waals surface area (Å²) in [5.74, 6) is 0.952. The molecule has 3 rings (SSSR count). The molecule has 2 fully saturated rings. The Morgan fingerprint density at radius 3 is 2.29 bits per heavy atom. The van der Waals surface area contributed by atoms with Crippen molar-refractivity contribution in [3.8, 4) is 0 Å². The highest BCUT2D eigenvalue weighted by atomic mass is 35.5. The lowest BCUT2D eigenvalue weighted by atomic mass is 9.69. The van der Waals surface area contributed by atoms with E-state index >= 15 is 0 Å². The van der Waals surface area contributed by atoms with Crippen LogP contribution in [0.25, 0.3) is 0 Å². The first-order chi connectivity index (χ1) is 8.28. The van der Waals surface area contributed by atoms with Crippen molar-refractivity contribution < 1.29 is 0 Å². The maximum absolute atomic E-state index is 5.98. The van der Waals surface area contributed by atoms with Gasteiger partial charge in [0.15, 0.2) is 0 Å². The first kappa shape index (κ1) is 11.6. The molecule has 1 heterocycles. The number of nitrogens with one attached hydrogen (secondary N) is 1. The lowest BCUT2D eigenvalue weighted by molar-refractivity contribution is 0.218. The van der Waals surface area contributed by atoms with Crippen LogP contribution >= 0.6 is 11.6 Å². The second-order valence-corrected chi connectivity index (χ2v) is 6.18. The van der Waals surface area contributed by atoms with Crippen LogP contribution < -0.4 is 5.32 Å². The van der Waals surface area contributed by atoms with Gasteiger partial charge in [-0.2, -0.15) is 0 Å². The van der Waals surface area contributed by atoms with Gasteiger partial charge in [0.25, 0.3) is 0 Å². The number of rotatable bonds is 3. The van der Waals surface area contributed by atoms with Gasteiger partial charge in [0.05, 0.1) is 0 Å². The fourth-order valence-electron chi connectivity index (χ4n) is 3.46. The Balaban J connectivity index is 1.78. The van der Waals surface area contributed by atoms with Gasteiger partial charge in [0.2, 0.25) is 0 Å². The minimum atomic E-state index is 0.402. The number of benzene rings is 1. The van der Waals surface area contributed by atoms with E-state index in [1.807, 2.05) is 12.1 Å². The minimum Gasteiger partial charge on any atom is -0.315 e. The van der Waals surface area contributed by atoms with Crippen LogP contribution in [-0.4, -0.2) is 13.1 Å². The van der Waals surface area contributed by atoms with E-state index in [9.17, 15) is 0 Å². The quantitative estimate of drug-likeness (QED) is 0.860. The van der Waals surface area contributed by atoms with Crippen LogP contribution in [0, 0.1) is 5.92 Å². The SMILES string of the molecule is Clc1ccc(C2(CC3CCCC3)CNC2)cc1. The van der Waals surface area contributed by atoms with E-state index in [0.717, 1.165) is 24.0 Å². The zero-order chi connectivity index (χ0) is 11.7. The summed E-state index contributed by atoms with van der Waals surface area (Å²) in [5.41, 5.74) is 1.88. The van der Waals surface area contributed by atoms with Gasteiger partial charge in [-0.05, 0) is 30.0 Å². The zero-order valence-corrected chi connectivity index (χ0v) is 11.0. The summed E-state index contributed by atoms with van der Waals surface area (Å²) in [6, 6.07) is 8.51. The minimum absolute atomic E-state index is 0.402. The van der Waals surface area contributed by atoms with Crippen molar-refractivity contribution in [1.29, 1.82) is 0 Å². The molecule has 0 spiro atoms. The fourth-order valence-corrected chi connectivity index (χ4v) is 3.59. The highest BCUT2D eigenvalue weighted by Gasteiger charge is 2.40. The molecule has 1 saturated carbocycles. The summed E-state index contributed by atoms with van der Waals surface area (Å²) in [5, 5.41) is 4.30. The van der Waals surface area contributed by atoms with Crippen molar-refractivity contribution >= 4 is 11.6 Å². The van der Waals surface area contributed by atoms with E-state index in [0.29, 0.717) is 5.41 Å². The topological polar surface area (TPSA) is 12.0 Å². The van der Waals surface area contributed by atoms with Crippen molar-refractivity contribution in [2.45, 2.75) is 37.5 Å². The van der Waals surface area contributed by atoms with E-state index in [1.54, 1.807) is 0 Å². The molecule has 1 nitrogen and oxygen atoms in total. The van der Waals surface area contributed by atoms with Crippen LogP contribution in [0.2, 0.25) is 5.02 Å². The highest BCUT2D eigenvalue weighted by molar-refractivity contribution is 6.30. The molecule has 1 N–H and O–H groups in total. The first-order valence-corrected chi connectivity index (χ1v) is 7.13. The molecule has 1 aliphatic carbocycles. The number of hydrogen-bond acceptors (Lipinski definition) is 1. The van der Waals surface area contributed by atoms with Crippen molar-refractivity contribution in [2.75, 3.05) is 13.1 Å². The predicted molar refractivity (Wildman–Crippen MR) is 72.6 cm³/mol. The van der Waals surface area contributed by atoms with Gasteiger partial charge < -0.3 is 5.32 Å². The average Bonchev–Trinajstić information content (AvgIpc) is 2.77. The Morgan fingerprint density at radius 1 is 1.12 bits per heavy atom. The molecule has 17 heavy (non-hydrogen) atoms. The van der Waals surface area contributed by atoms with Gasteiger partial charge in [-0.15, -0.1) is 0 Å². The predicted octanol–water partition coefficient (Wildman–Crippen LogP) is 3.76. The second-order valence-electron chi connectivity index (χ2n) is 5.75. The standard InChI is InChI=1S/C15H20ClN/c16-14-7-5-13(6-8-14)15(10-17-11-15)9-12-3-1-2-4-12/h5-8,12,17H,1-4,9-11H2. The third-order valence-corrected chi connectivity index (χ3v) is 4.79. The van der Waals surface area contributed by atoms with Crippen LogP contribution in [0.5, 0.6) is 0 Å². The lowest BCUT2D eigenvalue weighted by Crippen LogP contribution is -2.57. The Labute approximate surface area is 109 Å². The van der Waals surface area contributed by atoms with E-state index < -0.39 is 0 Å². The molecule has 0 bridgehead atoms. The molecular formula is C15H20ClN. The maximum atomic E-state index is 5.98. The van der Waals surface area contributed by atoms with Gasteiger partial charge in [-0.3, -0.25) is 0 Å². The molecular weight excluding hydrogens is 230 g/mol. The molecule has 1 aromatic carbocycles. The molecule has 0 amide bonds. The second kappa shape index (κ2) is 4.62. The van der Waals surface area contributed by atoms with E-state index in [1.165, 1.54) is 37.7 Å². The van der Waals surface area contributed by atoms with E-state index in [2.05, 4.69) is 17.4 Å². The molecule has 0 atom stereocenters. The fraction of sp³-hybridized carbons (Fsp3) is 0.600. The van der Waals surface area contributed by atoms with E-state index in [-0.39, 0.29) is 0 Å². The van der Waals surface area contributed by atoms with Crippen LogP contribution in [0.3, 0.4) is 0 Å². The smallest absolute Gasteiger partial charge is 0.0406 e. The molecule has 1 saturated heterocycles. The molecule has 0 unspecified atom stereocenters. The summed E-state index contributed by atoms with van der Waals surface area (Å²) in [6.45, 7) is 2.29. The van der Waals surface area contributed by atoms with Gasteiger partial charge in [-0.25, -0.2) is 0 Å². The highest BCUT2D eigenvalue weighted by Crippen LogP contribution is 2.40. The van der Waals surface area contributed by atoms with Crippen molar-refractivity contribution in [3.63, 3.8) is 0 Å². The average molecular weight is 250 g/mol. The Bertz CT molecular complexity index is 374. The third-order valence-electron chi connectivity index (χ3n) is 4.54. The summed E-state index contributed by atoms with van der Waals surface area (Å²) < 4.78 is 0. The summed E-state index contributed by atoms with van der Waals surface area (Å²) in [4.78, 5) is 0. The Hall–Kier alpha value is -0.530. The molecule has 1 aromatic rings. The van der Waals surface area contributed by atoms with Crippen LogP contribution in [0.15, 0.2) is 24.3 Å². The monoisotopic (exact) mass is 249 g/mol. The number of hydrogen-bond donors (Lipinski definition) is 1. The van der Waals surface area contributed by atoms with Gasteiger partial charge in [-0.1, -0.05) is 49.4 Å². The Morgan fingerprint density at radius 2 is 1.76 bits per heavy atom. The molecule has 0 aromatic heterocycles. The van der Waals surface area contributed by atoms with Crippen LogP contribution in [0.1, 0.15) is 37.7 Å². The van der Waals surface area contributed by atoms with Gasteiger partial charge in [0.1, 0.15) is 0 Å². The zero-order valence-electron chi connectivity index (χ0n) is 10.2. The summed E-state index contributed by atoms with van der Waals surface area (Å²) in [7, 11) is 0. The normalized spacial score (nSPS) is 23.6. The van der Waals surface area contributed by atoms with Crippen molar-refractivity contribution in [2.24, 2.45) is 5.92 Å². The van der Waals surface area contributed by atoms with Crippen LogP contribution in [0.4, 0.5) is 0 Å². The molecule has 2 heteroatoms.